The summed E-state index contributed by atoms with van der Waals surface area (Å²) in [4.78, 5) is 32.0. The first kappa shape index (κ1) is 22.0. The highest BCUT2D eigenvalue weighted by molar-refractivity contribution is 5.90. The van der Waals surface area contributed by atoms with Crippen molar-refractivity contribution in [3.05, 3.63) is 66.0 Å². The average Bonchev–Trinajstić information content (AvgIpc) is 3.24. The van der Waals surface area contributed by atoms with Crippen molar-refractivity contribution >= 4 is 11.8 Å². The molecular formula is C24H32N4O2. The summed E-state index contributed by atoms with van der Waals surface area (Å²) < 4.78 is 0. The highest BCUT2D eigenvalue weighted by atomic mass is 16.2. The maximum atomic E-state index is 13.0. The summed E-state index contributed by atoms with van der Waals surface area (Å²) in [6.07, 6.45) is 3.88. The summed E-state index contributed by atoms with van der Waals surface area (Å²) in [6, 6.07) is 14.8. The fraction of sp³-hybridized carbons (Fsp3) is 0.458. The van der Waals surface area contributed by atoms with E-state index < -0.39 is 12.1 Å². The second-order valence-corrected chi connectivity index (χ2v) is 8.39. The lowest BCUT2D eigenvalue weighted by Crippen LogP contribution is -2.51. The molecule has 2 amide bonds. The van der Waals surface area contributed by atoms with Crippen LogP contribution in [0.5, 0.6) is 0 Å². The molecule has 1 fully saturated rings. The van der Waals surface area contributed by atoms with Gasteiger partial charge in [-0.25, -0.2) is 0 Å². The number of nitrogens with zero attached hydrogens (tertiary/aromatic N) is 2. The van der Waals surface area contributed by atoms with Gasteiger partial charge in [0.05, 0.1) is 6.04 Å². The quantitative estimate of drug-likeness (QED) is 0.703. The zero-order valence-electron chi connectivity index (χ0n) is 17.8. The zero-order valence-corrected chi connectivity index (χ0v) is 17.8. The van der Waals surface area contributed by atoms with Crippen LogP contribution in [0, 0.1) is 5.92 Å². The number of hydrogen-bond donors (Lipinski definition) is 2. The second-order valence-electron chi connectivity index (χ2n) is 8.39. The molecule has 0 spiro atoms. The Balaban J connectivity index is 1.68. The van der Waals surface area contributed by atoms with Crippen molar-refractivity contribution in [3.8, 4) is 0 Å². The molecule has 1 saturated heterocycles. The van der Waals surface area contributed by atoms with Gasteiger partial charge in [-0.3, -0.25) is 14.6 Å². The molecule has 30 heavy (non-hydrogen) atoms. The van der Waals surface area contributed by atoms with Crippen LogP contribution in [0.2, 0.25) is 0 Å². The average molecular weight is 409 g/mol. The van der Waals surface area contributed by atoms with Crippen molar-refractivity contribution in [1.29, 1.82) is 0 Å². The first-order chi connectivity index (χ1) is 14.5. The van der Waals surface area contributed by atoms with Crippen molar-refractivity contribution in [2.45, 2.75) is 51.1 Å². The number of aromatic nitrogens is 1. The predicted molar refractivity (Wildman–Crippen MR) is 118 cm³/mol. The monoisotopic (exact) mass is 408 g/mol. The number of nitrogens with one attached hydrogen (secondary N) is 1. The summed E-state index contributed by atoms with van der Waals surface area (Å²) in [6.45, 7) is 5.10. The molecule has 3 atom stereocenters. The molecule has 0 saturated carbocycles. The van der Waals surface area contributed by atoms with Gasteiger partial charge in [0.2, 0.25) is 11.8 Å². The van der Waals surface area contributed by atoms with Gasteiger partial charge in [0.25, 0.3) is 0 Å². The number of hydrogen-bond acceptors (Lipinski definition) is 4. The van der Waals surface area contributed by atoms with Crippen LogP contribution in [0.4, 0.5) is 0 Å². The van der Waals surface area contributed by atoms with E-state index in [9.17, 15) is 9.59 Å². The molecule has 160 valence electrons. The Hall–Kier alpha value is -2.73. The van der Waals surface area contributed by atoms with Gasteiger partial charge in [-0.15, -0.1) is 0 Å². The van der Waals surface area contributed by atoms with Crippen molar-refractivity contribution in [1.82, 2.24) is 15.2 Å². The summed E-state index contributed by atoms with van der Waals surface area (Å²) in [5.41, 5.74) is 8.10. The highest BCUT2D eigenvalue weighted by Crippen LogP contribution is 2.23. The second kappa shape index (κ2) is 10.3. The highest BCUT2D eigenvalue weighted by Gasteiger charge is 2.36. The first-order valence-corrected chi connectivity index (χ1v) is 10.8. The number of amides is 2. The van der Waals surface area contributed by atoms with E-state index in [0.717, 1.165) is 17.7 Å². The normalized spacial score (nSPS) is 18.3. The van der Waals surface area contributed by atoms with Crippen LogP contribution < -0.4 is 11.1 Å². The van der Waals surface area contributed by atoms with Crippen LogP contribution in [0.15, 0.2) is 54.7 Å². The largest absolute Gasteiger partial charge is 0.353 e. The molecule has 1 aliphatic heterocycles. The molecule has 3 rings (SSSR count). The lowest BCUT2D eigenvalue weighted by molar-refractivity contribution is -0.139. The standard InChI is InChI=1S/C24H32N4O2/c1-17(2)15-20(25)24(30)28-14-8-12-22(28)23(29)27-16-19(18-9-4-3-5-10-18)21-11-6-7-13-26-21/h3-7,9-11,13,17,19-20,22H,8,12,14-16,25H2,1-2H3,(H,27,29)/t19-,20-,22?/m0/s1. The molecule has 6 nitrogen and oxygen atoms in total. The lowest BCUT2D eigenvalue weighted by Gasteiger charge is -2.28. The molecule has 0 bridgehead atoms. The third-order valence-corrected chi connectivity index (χ3v) is 5.61. The van der Waals surface area contributed by atoms with Crippen molar-refractivity contribution in [3.63, 3.8) is 0 Å². The maximum absolute atomic E-state index is 13.0. The molecule has 3 N–H and O–H groups in total. The van der Waals surface area contributed by atoms with E-state index in [4.69, 9.17) is 5.73 Å². The van der Waals surface area contributed by atoms with Crippen LogP contribution in [0.25, 0.3) is 0 Å². The van der Waals surface area contributed by atoms with E-state index >= 15 is 0 Å². The Morgan fingerprint density at radius 1 is 1.17 bits per heavy atom. The third kappa shape index (κ3) is 5.45. The Morgan fingerprint density at radius 2 is 1.90 bits per heavy atom. The molecule has 6 heteroatoms. The third-order valence-electron chi connectivity index (χ3n) is 5.61. The van der Waals surface area contributed by atoms with E-state index in [0.29, 0.717) is 31.8 Å². The molecule has 2 heterocycles. The van der Waals surface area contributed by atoms with Gasteiger partial charge in [-0.05, 0) is 42.9 Å². The van der Waals surface area contributed by atoms with Crippen LogP contribution in [0.3, 0.4) is 0 Å². The number of pyridine rings is 1. The minimum absolute atomic E-state index is 0.0508. The van der Waals surface area contributed by atoms with Gasteiger partial charge in [0.1, 0.15) is 6.04 Å². The number of benzene rings is 1. The van der Waals surface area contributed by atoms with E-state index in [1.807, 2.05) is 62.4 Å². The van der Waals surface area contributed by atoms with Gasteiger partial charge in [-0.2, -0.15) is 0 Å². The predicted octanol–water partition coefficient (Wildman–Crippen LogP) is 2.69. The Kier molecular flexibility index (Phi) is 7.57. The van der Waals surface area contributed by atoms with Gasteiger partial charge < -0.3 is 16.0 Å². The fourth-order valence-corrected chi connectivity index (χ4v) is 4.11. The van der Waals surface area contributed by atoms with Crippen molar-refractivity contribution in [2.24, 2.45) is 11.7 Å². The summed E-state index contributed by atoms with van der Waals surface area (Å²) in [5, 5.41) is 3.07. The van der Waals surface area contributed by atoms with E-state index in [1.165, 1.54) is 0 Å². The van der Waals surface area contributed by atoms with Crippen LogP contribution in [-0.4, -0.2) is 46.9 Å². The Bertz CT molecular complexity index is 786. The van der Waals surface area contributed by atoms with Crippen molar-refractivity contribution < 1.29 is 9.59 Å². The molecule has 1 aliphatic rings. The molecule has 1 aromatic heterocycles. The smallest absolute Gasteiger partial charge is 0.242 e. The Labute approximate surface area is 178 Å². The molecule has 0 aliphatic carbocycles. The van der Waals surface area contributed by atoms with Gasteiger partial charge in [0, 0.05) is 30.9 Å². The first-order valence-electron chi connectivity index (χ1n) is 10.8. The van der Waals surface area contributed by atoms with Gasteiger partial charge in [0.15, 0.2) is 0 Å². The minimum atomic E-state index is -0.552. The van der Waals surface area contributed by atoms with E-state index in [1.54, 1.807) is 11.1 Å². The molecular weight excluding hydrogens is 376 g/mol. The molecule has 1 unspecified atom stereocenters. The van der Waals surface area contributed by atoms with E-state index in [2.05, 4.69) is 10.3 Å². The fourth-order valence-electron chi connectivity index (χ4n) is 4.11. The zero-order chi connectivity index (χ0) is 21.5. The number of carbonyl (C=O) groups excluding carboxylic acids is 2. The van der Waals surface area contributed by atoms with Gasteiger partial charge >= 0.3 is 0 Å². The molecule has 2 aromatic rings. The van der Waals surface area contributed by atoms with Crippen molar-refractivity contribution in [2.75, 3.05) is 13.1 Å². The number of rotatable bonds is 8. The summed E-state index contributed by atoms with van der Waals surface area (Å²) in [7, 11) is 0. The van der Waals surface area contributed by atoms with Crippen LogP contribution in [-0.2, 0) is 9.59 Å². The van der Waals surface area contributed by atoms with Crippen LogP contribution in [0.1, 0.15) is 50.3 Å². The topological polar surface area (TPSA) is 88.3 Å². The summed E-state index contributed by atoms with van der Waals surface area (Å²) in [5.74, 6) is 0.0501. The number of likely N-dealkylation sites (tertiary alicyclic amines) is 1. The molecule has 1 aromatic carbocycles. The Morgan fingerprint density at radius 3 is 2.57 bits per heavy atom. The SMILES string of the molecule is CC(C)C[C@H](N)C(=O)N1CCCC1C(=O)NC[C@@H](c1ccccc1)c1ccccn1. The van der Waals surface area contributed by atoms with Crippen LogP contribution >= 0.6 is 0 Å². The van der Waals surface area contributed by atoms with Gasteiger partial charge in [-0.1, -0.05) is 50.2 Å². The number of nitrogens with two attached hydrogens (primary N) is 1. The van der Waals surface area contributed by atoms with E-state index in [-0.39, 0.29) is 17.7 Å². The maximum Gasteiger partial charge on any atom is 0.242 e. The minimum Gasteiger partial charge on any atom is -0.353 e. The summed E-state index contributed by atoms with van der Waals surface area (Å²) >= 11 is 0. The lowest BCUT2D eigenvalue weighted by atomic mass is 9.95. The number of carbonyl (C=O) groups is 2. The molecule has 0 radical (unpaired) electrons.